The molecule has 0 aromatic heterocycles. The number of nitrogens with one attached hydrogen (secondary N) is 1. The molecule has 2 aromatic rings. The average molecular weight is 310 g/mol. The van der Waals surface area contributed by atoms with Gasteiger partial charge in [-0.1, -0.05) is 17.7 Å². The van der Waals surface area contributed by atoms with E-state index in [4.69, 9.17) is 16.3 Å². The number of fused-ring (bicyclic) bond motifs is 1. The van der Waals surface area contributed by atoms with Crippen molar-refractivity contribution in [3.63, 3.8) is 0 Å². The molecule has 1 atom stereocenters. The monoisotopic (exact) mass is 309 g/mol. The van der Waals surface area contributed by atoms with Gasteiger partial charge in [0.25, 0.3) is 0 Å². The van der Waals surface area contributed by atoms with Gasteiger partial charge in [-0.15, -0.1) is 0 Å². The minimum Gasteiger partial charge on any atom is -0.493 e. The smallest absolute Gasteiger partial charge is 0.159 e. The topological polar surface area (TPSA) is 21.3 Å². The van der Waals surface area contributed by atoms with Crippen LogP contribution in [-0.4, -0.2) is 13.7 Å². The van der Waals surface area contributed by atoms with Gasteiger partial charge < -0.3 is 10.1 Å². The van der Waals surface area contributed by atoms with E-state index in [1.165, 1.54) is 6.07 Å². The van der Waals surface area contributed by atoms with Crippen molar-refractivity contribution in [2.75, 3.05) is 13.7 Å². The van der Waals surface area contributed by atoms with Crippen LogP contribution in [0.3, 0.4) is 0 Å². The van der Waals surface area contributed by atoms with Crippen LogP contribution in [0.4, 0.5) is 8.78 Å². The molecule has 2 nitrogen and oxygen atoms in total. The van der Waals surface area contributed by atoms with Gasteiger partial charge in [-0.3, -0.25) is 0 Å². The Labute approximate surface area is 126 Å². The molecule has 21 heavy (non-hydrogen) atoms. The van der Waals surface area contributed by atoms with Gasteiger partial charge in [0.15, 0.2) is 11.6 Å². The van der Waals surface area contributed by atoms with Crippen LogP contribution >= 0.6 is 11.6 Å². The molecule has 5 heteroatoms. The van der Waals surface area contributed by atoms with Gasteiger partial charge in [0.1, 0.15) is 5.75 Å². The van der Waals surface area contributed by atoms with E-state index in [0.717, 1.165) is 29.4 Å². The second-order valence-electron chi connectivity index (χ2n) is 4.98. The van der Waals surface area contributed by atoms with Crippen LogP contribution in [0.5, 0.6) is 5.75 Å². The van der Waals surface area contributed by atoms with Crippen molar-refractivity contribution in [2.45, 2.75) is 12.5 Å². The summed E-state index contributed by atoms with van der Waals surface area (Å²) < 4.78 is 32.3. The zero-order valence-corrected chi connectivity index (χ0v) is 12.2. The number of hydrogen-bond donors (Lipinski definition) is 1. The molecule has 0 amide bonds. The Morgan fingerprint density at radius 1 is 1.19 bits per heavy atom. The predicted octanol–water partition coefficient (Wildman–Crippen LogP) is 3.86. The fourth-order valence-corrected chi connectivity index (χ4v) is 2.96. The SMILES string of the molecule is CNC(c1ccc(F)c(F)c1)c1cc(Cl)cc2c1OCC2. The standard InChI is InChI=1S/C16H14ClF2NO/c1-20-15(9-2-3-13(18)14(19)7-9)12-8-11(17)6-10-4-5-21-16(10)12/h2-3,6-8,15,20H,4-5H2,1H3. The van der Waals surface area contributed by atoms with Crippen molar-refractivity contribution in [1.29, 1.82) is 0 Å². The molecule has 1 unspecified atom stereocenters. The lowest BCUT2D eigenvalue weighted by atomic mass is 9.95. The molecule has 3 rings (SSSR count). The molecule has 0 aliphatic carbocycles. The van der Waals surface area contributed by atoms with Crippen molar-refractivity contribution >= 4 is 11.6 Å². The largest absolute Gasteiger partial charge is 0.493 e. The van der Waals surface area contributed by atoms with Gasteiger partial charge in [0, 0.05) is 17.0 Å². The highest BCUT2D eigenvalue weighted by Crippen LogP contribution is 2.38. The summed E-state index contributed by atoms with van der Waals surface area (Å²) in [6, 6.07) is 7.24. The van der Waals surface area contributed by atoms with Crippen molar-refractivity contribution in [3.05, 3.63) is 63.7 Å². The van der Waals surface area contributed by atoms with Crippen molar-refractivity contribution < 1.29 is 13.5 Å². The molecule has 2 aromatic carbocycles. The molecule has 0 radical (unpaired) electrons. The number of halogens is 3. The Balaban J connectivity index is 2.10. The summed E-state index contributed by atoms with van der Waals surface area (Å²) in [5, 5.41) is 3.72. The lowest BCUT2D eigenvalue weighted by molar-refractivity contribution is 0.351. The van der Waals surface area contributed by atoms with Crippen molar-refractivity contribution in [3.8, 4) is 5.75 Å². The van der Waals surface area contributed by atoms with Crippen LogP contribution in [-0.2, 0) is 6.42 Å². The maximum Gasteiger partial charge on any atom is 0.159 e. The first-order chi connectivity index (χ1) is 10.1. The lowest BCUT2D eigenvalue weighted by Gasteiger charge is -2.20. The van der Waals surface area contributed by atoms with Crippen LogP contribution in [0, 0.1) is 11.6 Å². The molecular formula is C16H14ClF2NO. The van der Waals surface area contributed by atoms with Gasteiger partial charge in [-0.2, -0.15) is 0 Å². The first-order valence-electron chi connectivity index (χ1n) is 6.67. The van der Waals surface area contributed by atoms with E-state index in [9.17, 15) is 8.78 Å². The van der Waals surface area contributed by atoms with Crippen molar-refractivity contribution in [2.24, 2.45) is 0 Å². The summed E-state index contributed by atoms with van der Waals surface area (Å²) in [5.74, 6) is -0.947. The molecule has 0 bridgehead atoms. The molecule has 0 saturated carbocycles. The Morgan fingerprint density at radius 3 is 2.71 bits per heavy atom. The van der Waals surface area contributed by atoms with Gasteiger partial charge in [0.2, 0.25) is 0 Å². The summed E-state index contributed by atoms with van der Waals surface area (Å²) in [6.45, 7) is 0.608. The molecule has 1 aliphatic rings. The van der Waals surface area contributed by atoms with Gasteiger partial charge in [-0.25, -0.2) is 8.78 Å². The van der Waals surface area contributed by atoms with E-state index in [-0.39, 0.29) is 6.04 Å². The number of hydrogen-bond acceptors (Lipinski definition) is 2. The molecule has 0 fully saturated rings. The lowest BCUT2D eigenvalue weighted by Crippen LogP contribution is -2.18. The van der Waals surface area contributed by atoms with Gasteiger partial charge >= 0.3 is 0 Å². The number of ether oxygens (including phenoxy) is 1. The third-order valence-electron chi connectivity index (χ3n) is 3.65. The minimum absolute atomic E-state index is 0.314. The Bertz CT molecular complexity index is 690. The van der Waals surface area contributed by atoms with Gasteiger partial charge in [0.05, 0.1) is 12.6 Å². The highest BCUT2D eigenvalue weighted by atomic mass is 35.5. The van der Waals surface area contributed by atoms with E-state index in [2.05, 4.69) is 5.32 Å². The van der Waals surface area contributed by atoms with E-state index >= 15 is 0 Å². The fraction of sp³-hybridized carbons (Fsp3) is 0.250. The second kappa shape index (κ2) is 5.62. The average Bonchev–Trinajstić information content (AvgIpc) is 2.91. The first kappa shape index (κ1) is 14.3. The molecule has 0 saturated heterocycles. The summed E-state index contributed by atoms with van der Waals surface area (Å²) in [7, 11) is 1.76. The van der Waals surface area contributed by atoms with E-state index in [1.54, 1.807) is 19.2 Å². The summed E-state index contributed by atoms with van der Waals surface area (Å²) in [5.41, 5.74) is 2.50. The van der Waals surface area contributed by atoms with Crippen molar-refractivity contribution in [1.82, 2.24) is 5.32 Å². The second-order valence-corrected chi connectivity index (χ2v) is 5.41. The predicted molar refractivity (Wildman–Crippen MR) is 77.9 cm³/mol. The highest BCUT2D eigenvalue weighted by molar-refractivity contribution is 6.30. The highest BCUT2D eigenvalue weighted by Gasteiger charge is 2.24. The van der Waals surface area contributed by atoms with Crippen LogP contribution < -0.4 is 10.1 Å². The maximum absolute atomic E-state index is 13.5. The normalized spacial score (nSPS) is 14.7. The van der Waals surface area contributed by atoms with Gasteiger partial charge in [-0.05, 0) is 42.4 Å². The number of benzene rings is 2. The molecule has 1 heterocycles. The third-order valence-corrected chi connectivity index (χ3v) is 3.87. The number of rotatable bonds is 3. The Kier molecular flexibility index (Phi) is 3.83. The van der Waals surface area contributed by atoms with E-state index < -0.39 is 11.6 Å². The zero-order valence-electron chi connectivity index (χ0n) is 11.4. The molecule has 110 valence electrons. The Morgan fingerprint density at radius 2 is 2.00 bits per heavy atom. The fourth-order valence-electron chi connectivity index (χ4n) is 2.71. The summed E-state index contributed by atoms with van der Waals surface area (Å²) >= 11 is 6.16. The summed E-state index contributed by atoms with van der Waals surface area (Å²) in [4.78, 5) is 0. The quantitative estimate of drug-likeness (QED) is 0.929. The molecule has 1 aliphatic heterocycles. The minimum atomic E-state index is -0.868. The maximum atomic E-state index is 13.5. The summed E-state index contributed by atoms with van der Waals surface area (Å²) in [6.07, 6.45) is 0.803. The first-order valence-corrected chi connectivity index (χ1v) is 7.05. The Hall–Kier alpha value is -1.65. The molecular weight excluding hydrogens is 296 g/mol. The van der Waals surface area contributed by atoms with E-state index in [1.807, 2.05) is 6.07 Å². The molecule has 0 spiro atoms. The zero-order chi connectivity index (χ0) is 15.0. The third kappa shape index (κ3) is 2.61. The molecule has 1 N–H and O–H groups in total. The van der Waals surface area contributed by atoms with Crippen LogP contribution in [0.1, 0.15) is 22.7 Å². The van der Waals surface area contributed by atoms with Crippen LogP contribution in [0.2, 0.25) is 5.02 Å². The van der Waals surface area contributed by atoms with Crippen LogP contribution in [0.25, 0.3) is 0 Å². The van der Waals surface area contributed by atoms with Crippen LogP contribution in [0.15, 0.2) is 30.3 Å². The van der Waals surface area contributed by atoms with E-state index in [0.29, 0.717) is 17.2 Å².